The molecule has 0 radical (unpaired) electrons. The summed E-state index contributed by atoms with van der Waals surface area (Å²) in [6.45, 7) is 4.82. The van der Waals surface area contributed by atoms with E-state index in [1.165, 1.54) is 0 Å². The lowest BCUT2D eigenvalue weighted by atomic mass is 10.1. The average Bonchev–Trinajstić information content (AvgIpc) is 2.43. The van der Waals surface area contributed by atoms with Gasteiger partial charge in [0.25, 0.3) is 0 Å². The highest BCUT2D eigenvalue weighted by molar-refractivity contribution is 5.81. The van der Waals surface area contributed by atoms with Crippen LogP contribution in [0, 0.1) is 0 Å². The molecule has 0 aliphatic heterocycles. The van der Waals surface area contributed by atoms with Crippen molar-refractivity contribution in [3.05, 3.63) is 35.9 Å². The van der Waals surface area contributed by atoms with Gasteiger partial charge in [-0.15, -0.1) is 0 Å². The minimum atomic E-state index is 0.279. The lowest BCUT2D eigenvalue weighted by molar-refractivity contribution is 0.0511. The van der Waals surface area contributed by atoms with E-state index >= 15 is 0 Å². The van der Waals surface area contributed by atoms with E-state index in [0.29, 0.717) is 6.61 Å². The fourth-order valence-corrected chi connectivity index (χ4v) is 1.84. The number of para-hydroxylation sites is 1. The van der Waals surface area contributed by atoms with Crippen molar-refractivity contribution in [3.8, 4) is 0 Å². The van der Waals surface area contributed by atoms with Gasteiger partial charge >= 0.3 is 0 Å². The summed E-state index contributed by atoms with van der Waals surface area (Å²) in [5.41, 5.74) is 2.12. The molecule has 0 bridgehead atoms. The van der Waals surface area contributed by atoms with Crippen molar-refractivity contribution in [2.24, 2.45) is 0 Å². The van der Waals surface area contributed by atoms with Crippen molar-refractivity contribution in [1.82, 2.24) is 4.98 Å². The summed E-state index contributed by atoms with van der Waals surface area (Å²) in [4.78, 5) is 4.61. The van der Waals surface area contributed by atoms with E-state index in [2.05, 4.69) is 36.3 Å². The topological polar surface area (TPSA) is 34.1 Å². The third kappa shape index (κ3) is 2.79. The normalized spacial score (nSPS) is 12.6. The molecule has 1 aromatic carbocycles. The van der Waals surface area contributed by atoms with Gasteiger partial charge in [0, 0.05) is 18.0 Å². The standard InChI is InChI=1S/C15H20N2O/c1-4-11(2)18-10-13-9-12-7-5-6-8-14(12)17-15(13)16-3/h5-9,11H,4,10H2,1-3H3,(H,16,17). The van der Waals surface area contributed by atoms with Crippen LogP contribution in [0.25, 0.3) is 10.9 Å². The average molecular weight is 244 g/mol. The predicted molar refractivity (Wildman–Crippen MR) is 75.8 cm³/mol. The fraction of sp³-hybridized carbons (Fsp3) is 0.400. The molecule has 0 amide bonds. The van der Waals surface area contributed by atoms with Crippen LogP contribution in [0.5, 0.6) is 0 Å². The SMILES string of the molecule is CCC(C)OCc1cc2ccccc2nc1NC. The summed E-state index contributed by atoms with van der Waals surface area (Å²) in [5.74, 6) is 0.900. The molecular formula is C15H20N2O. The largest absolute Gasteiger partial charge is 0.374 e. The summed E-state index contributed by atoms with van der Waals surface area (Å²) < 4.78 is 5.79. The van der Waals surface area contributed by atoms with Crippen LogP contribution in [0.3, 0.4) is 0 Å². The number of pyridine rings is 1. The van der Waals surface area contributed by atoms with Crippen molar-refractivity contribution >= 4 is 16.7 Å². The van der Waals surface area contributed by atoms with Crippen molar-refractivity contribution in [2.45, 2.75) is 33.0 Å². The summed E-state index contributed by atoms with van der Waals surface area (Å²) in [6.07, 6.45) is 1.30. The second-order valence-electron chi connectivity index (χ2n) is 4.47. The number of ether oxygens (including phenoxy) is 1. The fourth-order valence-electron chi connectivity index (χ4n) is 1.84. The molecule has 0 spiro atoms. The number of nitrogens with one attached hydrogen (secondary N) is 1. The van der Waals surface area contributed by atoms with E-state index in [0.717, 1.165) is 28.7 Å². The number of hydrogen-bond donors (Lipinski definition) is 1. The molecule has 1 heterocycles. The van der Waals surface area contributed by atoms with E-state index in [-0.39, 0.29) is 6.10 Å². The Bertz CT molecular complexity index is 525. The molecule has 3 heteroatoms. The van der Waals surface area contributed by atoms with Gasteiger partial charge in [-0.25, -0.2) is 4.98 Å². The summed E-state index contributed by atoms with van der Waals surface area (Å²) >= 11 is 0. The van der Waals surface area contributed by atoms with E-state index in [1.54, 1.807) is 0 Å². The maximum atomic E-state index is 5.79. The quantitative estimate of drug-likeness (QED) is 0.872. The molecule has 0 aliphatic carbocycles. The van der Waals surface area contributed by atoms with Crippen LogP contribution in [0.1, 0.15) is 25.8 Å². The van der Waals surface area contributed by atoms with Gasteiger partial charge < -0.3 is 10.1 Å². The Hall–Kier alpha value is -1.61. The molecule has 1 aromatic heterocycles. The molecular weight excluding hydrogens is 224 g/mol. The molecule has 1 atom stereocenters. The number of aromatic nitrogens is 1. The molecule has 3 nitrogen and oxygen atoms in total. The van der Waals surface area contributed by atoms with Crippen LogP contribution in [-0.4, -0.2) is 18.1 Å². The lowest BCUT2D eigenvalue weighted by Gasteiger charge is -2.14. The van der Waals surface area contributed by atoms with Crippen LogP contribution in [0.2, 0.25) is 0 Å². The molecule has 0 aliphatic rings. The summed E-state index contributed by atoms with van der Waals surface area (Å²) in [6, 6.07) is 10.3. The highest BCUT2D eigenvalue weighted by Gasteiger charge is 2.07. The van der Waals surface area contributed by atoms with Gasteiger partial charge in [0.2, 0.25) is 0 Å². The van der Waals surface area contributed by atoms with Crippen LogP contribution in [0.4, 0.5) is 5.82 Å². The van der Waals surface area contributed by atoms with E-state index in [9.17, 15) is 0 Å². The zero-order chi connectivity index (χ0) is 13.0. The number of anilines is 1. The molecule has 2 rings (SSSR count). The van der Waals surface area contributed by atoms with Crippen molar-refractivity contribution < 1.29 is 4.74 Å². The smallest absolute Gasteiger partial charge is 0.131 e. The van der Waals surface area contributed by atoms with Gasteiger partial charge in [-0.1, -0.05) is 25.1 Å². The van der Waals surface area contributed by atoms with Crippen LogP contribution >= 0.6 is 0 Å². The Morgan fingerprint density at radius 2 is 2.11 bits per heavy atom. The second-order valence-corrected chi connectivity index (χ2v) is 4.47. The third-order valence-electron chi connectivity index (χ3n) is 3.14. The highest BCUT2D eigenvalue weighted by Crippen LogP contribution is 2.21. The molecule has 0 saturated carbocycles. The second kappa shape index (κ2) is 5.83. The molecule has 1 N–H and O–H groups in total. The van der Waals surface area contributed by atoms with Crippen molar-refractivity contribution in [1.29, 1.82) is 0 Å². The molecule has 0 saturated heterocycles. The zero-order valence-electron chi connectivity index (χ0n) is 11.2. The Kier molecular flexibility index (Phi) is 4.15. The van der Waals surface area contributed by atoms with Crippen LogP contribution < -0.4 is 5.32 Å². The first-order valence-corrected chi connectivity index (χ1v) is 6.42. The highest BCUT2D eigenvalue weighted by atomic mass is 16.5. The number of fused-ring (bicyclic) bond motifs is 1. The number of rotatable bonds is 5. The maximum Gasteiger partial charge on any atom is 0.131 e. The summed E-state index contributed by atoms with van der Waals surface area (Å²) in [7, 11) is 1.89. The first-order chi connectivity index (χ1) is 8.74. The van der Waals surface area contributed by atoms with Crippen LogP contribution in [-0.2, 0) is 11.3 Å². The van der Waals surface area contributed by atoms with Gasteiger partial charge in [0.1, 0.15) is 5.82 Å². The number of benzene rings is 1. The zero-order valence-corrected chi connectivity index (χ0v) is 11.2. The van der Waals surface area contributed by atoms with Gasteiger partial charge in [0.05, 0.1) is 18.2 Å². The first kappa shape index (κ1) is 12.8. The van der Waals surface area contributed by atoms with Gasteiger partial charge in [-0.3, -0.25) is 0 Å². The van der Waals surface area contributed by atoms with E-state index in [1.807, 2.05) is 25.2 Å². The maximum absolute atomic E-state index is 5.79. The number of nitrogens with zero attached hydrogens (tertiary/aromatic N) is 1. The molecule has 0 fully saturated rings. The van der Waals surface area contributed by atoms with Gasteiger partial charge in [-0.05, 0) is 25.5 Å². The van der Waals surface area contributed by atoms with E-state index < -0.39 is 0 Å². The Morgan fingerprint density at radius 1 is 1.33 bits per heavy atom. The third-order valence-corrected chi connectivity index (χ3v) is 3.14. The summed E-state index contributed by atoms with van der Waals surface area (Å²) in [5, 5.41) is 4.29. The molecule has 96 valence electrons. The van der Waals surface area contributed by atoms with Gasteiger partial charge in [-0.2, -0.15) is 0 Å². The molecule has 1 unspecified atom stereocenters. The Balaban J connectivity index is 2.30. The van der Waals surface area contributed by atoms with Gasteiger partial charge in [0.15, 0.2) is 0 Å². The molecule has 2 aromatic rings. The monoisotopic (exact) mass is 244 g/mol. The van der Waals surface area contributed by atoms with Crippen molar-refractivity contribution in [2.75, 3.05) is 12.4 Å². The number of hydrogen-bond acceptors (Lipinski definition) is 3. The lowest BCUT2D eigenvalue weighted by Crippen LogP contribution is -2.08. The van der Waals surface area contributed by atoms with Crippen molar-refractivity contribution in [3.63, 3.8) is 0 Å². The minimum Gasteiger partial charge on any atom is -0.374 e. The Morgan fingerprint density at radius 3 is 2.83 bits per heavy atom. The minimum absolute atomic E-state index is 0.279. The first-order valence-electron chi connectivity index (χ1n) is 6.42. The van der Waals surface area contributed by atoms with Crippen LogP contribution in [0.15, 0.2) is 30.3 Å². The molecule has 18 heavy (non-hydrogen) atoms. The Labute approximate surface area is 108 Å². The van der Waals surface area contributed by atoms with E-state index in [4.69, 9.17) is 4.74 Å². The predicted octanol–water partition coefficient (Wildman–Crippen LogP) is 3.59.